The maximum Gasteiger partial charge on any atom is 0.328 e. The lowest BCUT2D eigenvalue weighted by Crippen LogP contribution is -2.54. The first-order chi connectivity index (χ1) is 8.11. The molecule has 0 spiro atoms. The van der Waals surface area contributed by atoms with Gasteiger partial charge in [0.25, 0.3) is 0 Å². The zero-order chi connectivity index (χ0) is 12.4. The predicted molar refractivity (Wildman–Crippen MR) is 60.5 cm³/mol. The molecule has 1 saturated heterocycles. The molecule has 1 aliphatic heterocycles. The molecule has 1 amide bonds. The van der Waals surface area contributed by atoms with Gasteiger partial charge in [0, 0.05) is 12.5 Å². The van der Waals surface area contributed by atoms with Crippen molar-refractivity contribution < 1.29 is 19.4 Å². The number of amides is 1. The first kappa shape index (κ1) is 12.4. The number of hydrogen-bond acceptors (Lipinski definition) is 3. The van der Waals surface area contributed by atoms with Gasteiger partial charge in [0.1, 0.15) is 0 Å². The molecule has 5 heteroatoms. The Balaban J connectivity index is 2.08. The second kappa shape index (κ2) is 5.04. The van der Waals surface area contributed by atoms with Crippen molar-refractivity contribution in [3.63, 3.8) is 0 Å². The number of hydrogen-bond donors (Lipinski definition) is 1. The Hall–Kier alpha value is -1.10. The lowest BCUT2D eigenvalue weighted by Gasteiger charge is -2.35. The maximum atomic E-state index is 12.3. The third kappa shape index (κ3) is 2.44. The number of carbonyl (C=O) groups excluding carboxylic acids is 1. The number of ether oxygens (including phenoxy) is 1. The van der Waals surface area contributed by atoms with E-state index in [2.05, 4.69) is 6.92 Å². The lowest BCUT2D eigenvalue weighted by atomic mass is 9.95. The molecule has 17 heavy (non-hydrogen) atoms. The van der Waals surface area contributed by atoms with Gasteiger partial charge in [-0.2, -0.15) is 0 Å². The number of rotatable bonds is 2. The Bertz CT molecular complexity index is 318. The van der Waals surface area contributed by atoms with E-state index in [9.17, 15) is 9.59 Å². The van der Waals surface area contributed by atoms with Gasteiger partial charge in [-0.1, -0.05) is 13.3 Å². The number of nitrogens with zero attached hydrogens (tertiary/aromatic N) is 1. The van der Waals surface area contributed by atoms with E-state index < -0.39 is 12.0 Å². The topological polar surface area (TPSA) is 66.8 Å². The third-order valence-electron chi connectivity index (χ3n) is 3.88. The molecule has 1 heterocycles. The van der Waals surface area contributed by atoms with Crippen LogP contribution < -0.4 is 0 Å². The highest BCUT2D eigenvalue weighted by Gasteiger charge is 2.39. The summed E-state index contributed by atoms with van der Waals surface area (Å²) >= 11 is 0. The quantitative estimate of drug-likeness (QED) is 0.774. The molecule has 2 rings (SSSR count). The van der Waals surface area contributed by atoms with Gasteiger partial charge in [0.2, 0.25) is 5.91 Å². The number of morpholine rings is 1. The summed E-state index contributed by atoms with van der Waals surface area (Å²) in [7, 11) is 0. The molecule has 1 N–H and O–H groups in total. The van der Waals surface area contributed by atoms with Crippen LogP contribution in [0.1, 0.15) is 26.2 Å². The van der Waals surface area contributed by atoms with E-state index in [1.54, 1.807) is 0 Å². The molecule has 2 aliphatic rings. The van der Waals surface area contributed by atoms with Gasteiger partial charge in [0.05, 0.1) is 13.2 Å². The lowest BCUT2D eigenvalue weighted by molar-refractivity contribution is -0.160. The number of carbonyl (C=O) groups is 2. The molecular formula is C12H19NO4. The number of carboxylic acid groups (broad SMARTS) is 1. The molecule has 3 unspecified atom stereocenters. The zero-order valence-corrected chi connectivity index (χ0v) is 10.1. The van der Waals surface area contributed by atoms with Gasteiger partial charge >= 0.3 is 5.97 Å². The molecule has 2 fully saturated rings. The van der Waals surface area contributed by atoms with Crippen LogP contribution in [-0.2, 0) is 14.3 Å². The molecular weight excluding hydrogens is 222 g/mol. The second-order valence-corrected chi connectivity index (χ2v) is 4.98. The van der Waals surface area contributed by atoms with Crippen LogP contribution in [0.5, 0.6) is 0 Å². The van der Waals surface area contributed by atoms with Crippen molar-refractivity contribution in [2.45, 2.75) is 32.2 Å². The van der Waals surface area contributed by atoms with Crippen molar-refractivity contribution in [1.29, 1.82) is 0 Å². The van der Waals surface area contributed by atoms with Crippen molar-refractivity contribution in [1.82, 2.24) is 4.90 Å². The van der Waals surface area contributed by atoms with E-state index in [0.717, 1.165) is 19.3 Å². The molecule has 0 aromatic carbocycles. The Morgan fingerprint density at radius 2 is 2.12 bits per heavy atom. The molecule has 3 atom stereocenters. The molecule has 1 aliphatic carbocycles. The third-order valence-corrected chi connectivity index (χ3v) is 3.88. The Morgan fingerprint density at radius 3 is 2.71 bits per heavy atom. The van der Waals surface area contributed by atoms with Crippen LogP contribution in [0.15, 0.2) is 0 Å². The average Bonchev–Trinajstić information content (AvgIpc) is 2.74. The van der Waals surface area contributed by atoms with E-state index in [1.165, 1.54) is 4.90 Å². The van der Waals surface area contributed by atoms with Crippen LogP contribution in [-0.4, -0.2) is 47.7 Å². The summed E-state index contributed by atoms with van der Waals surface area (Å²) in [4.78, 5) is 24.9. The summed E-state index contributed by atoms with van der Waals surface area (Å²) in [6, 6.07) is -0.802. The Labute approximate surface area is 101 Å². The summed E-state index contributed by atoms with van der Waals surface area (Å²) in [6.07, 6.45) is 3.03. The van der Waals surface area contributed by atoms with Gasteiger partial charge in [-0.25, -0.2) is 4.79 Å². The fourth-order valence-electron chi connectivity index (χ4n) is 2.80. The minimum absolute atomic E-state index is 0.00528. The minimum atomic E-state index is -0.969. The zero-order valence-electron chi connectivity index (χ0n) is 10.1. The smallest absolute Gasteiger partial charge is 0.328 e. The standard InChI is InChI=1S/C12H19NO4/c1-8-3-2-4-9(8)11(14)13-5-6-17-7-10(13)12(15)16/h8-10H,2-7H2,1H3,(H,15,16). The van der Waals surface area contributed by atoms with Crippen molar-refractivity contribution in [2.75, 3.05) is 19.8 Å². The van der Waals surface area contributed by atoms with Crippen molar-refractivity contribution >= 4 is 11.9 Å². The molecule has 0 aromatic heterocycles. The average molecular weight is 241 g/mol. The van der Waals surface area contributed by atoms with E-state index in [-0.39, 0.29) is 18.4 Å². The Morgan fingerprint density at radius 1 is 1.35 bits per heavy atom. The number of aliphatic carboxylic acids is 1. The first-order valence-corrected chi connectivity index (χ1v) is 6.22. The van der Waals surface area contributed by atoms with E-state index >= 15 is 0 Å². The van der Waals surface area contributed by atoms with Crippen LogP contribution in [0.2, 0.25) is 0 Å². The molecule has 0 bridgehead atoms. The van der Waals surface area contributed by atoms with Gasteiger partial charge in [-0.3, -0.25) is 4.79 Å². The monoisotopic (exact) mass is 241 g/mol. The minimum Gasteiger partial charge on any atom is -0.480 e. The normalized spacial score (nSPS) is 33.7. The van der Waals surface area contributed by atoms with E-state index in [4.69, 9.17) is 9.84 Å². The van der Waals surface area contributed by atoms with Crippen LogP contribution in [0.4, 0.5) is 0 Å². The molecule has 0 radical (unpaired) electrons. The van der Waals surface area contributed by atoms with Gasteiger partial charge in [0.15, 0.2) is 6.04 Å². The van der Waals surface area contributed by atoms with Crippen molar-refractivity contribution in [2.24, 2.45) is 11.8 Å². The second-order valence-electron chi connectivity index (χ2n) is 4.98. The molecule has 96 valence electrons. The summed E-state index contributed by atoms with van der Waals surface area (Å²) in [5.74, 6) is -0.580. The van der Waals surface area contributed by atoms with Gasteiger partial charge < -0.3 is 14.7 Å². The van der Waals surface area contributed by atoms with Crippen LogP contribution >= 0.6 is 0 Å². The fourth-order valence-corrected chi connectivity index (χ4v) is 2.80. The largest absolute Gasteiger partial charge is 0.480 e. The molecule has 1 saturated carbocycles. The summed E-state index contributed by atoms with van der Waals surface area (Å²) in [6.45, 7) is 3.03. The van der Waals surface area contributed by atoms with Gasteiger partial charge in [-0.05, 0) is 18.8 Å². The number of carboxylic acids is 1. The highest BCUT2D eigenvalue weighted by Crippen LogP contribution is 2.33. The maximum absolute atomic E-state index is 12.3. The fraction of sp³-hybridized carbons (Fsp3) is 0.833. The van der Waals surface area contributed by atoms with Crippen LogP contribution in [0.3, 0.4) is 0 Å². The molecule has 5 nitrogen and oxygen atoms in total. The first-order valence-electron chi connectivity index (χ1n) is 6.22. The van der Waals surface area contributed by atoms with E-state index in [0.29, 0.717) is 19.1 Å². The molecule has 0 aromatic rings. The predicted octanol–water partition coefficient (Wildman–Crippen LogP) is 0.735. The van der Waals surface area contributed by atoms with Crippen molar-refractivity contribution in [3.8, 4) is 0 Å². The highest BCUT2D eigenvalue weighted by molar-refractivity contribution is 5.85. The Kier molecular flexibility index (Phi) is 3.66. The van der Waals surface area contributed by atoms with E-state index in [1.807, 2.05) is 0 Å². The SMILES string of the molecule is CC1CCCC1C(=O)N1CCOCC1C(=O)O. The summed E-state index contributed by atoms with van der Waals surface area (Å²) in [5, 5.41) is 9.09. The van der Waals surface area contributed by atoms with Gasteiger partial charge in [-0.15, -0.1) is 0 Å². The summed E-state index contributed by atoms with van der Waals surface area (Å²) in [5.41, 5.74) is 0. The van der Waals surface area contributed by atoms with Crippen molar-refractivity contribution in [3.05, 3.63) is 0 Å². The summed E-state index contributed by atoms with van der Waals surface area (Å²) < 4.78 is 5.14. The van der Waals surface area contributed by atoms with Crippen LogP contribution in [0, 0.1) is 11.8 Å². The van der Waals surface area contributed by atoms with Crippen LogP contribution in [0.25, 0.3) is 0 Å². The highest BCUT2D eigenvalue weighted by atomic mass is 16.5.